The molecule has 1 aliphatic heterocycles. The molecule has 1 amide bonds. The van der Waals surface area contributed by atoms with Crippen LogP contribution in [-0.2, 0) is 0 Å². The molecule has 1 aromatic carbocycles. The van der Waals surface area contributed by atoms with Gasteiger partial charge in [0, 0.05) is 19.1 Å². The molecule has 1 heterocycles. The maximum atomic E-state index is 13.6. The van der Waals surface area contributed by atoms with Crippen LogP contribution < -0.4 is 5.32 Å². The smallest absolute Gasteiger partial charge is 0.255 e. The van der Waals surface area contributed by atoms with Gasteiger partial charge < -0.3 is 10.2 Å². The first-order valence-electron chi connectivity index (χ1n) is 6.70. The first kappa shape index (κ1) is 18.5. The Morgan fingerprint density at radius 1 is 1.43 bits per heavy atom. The Morgan fingerprint density at radius 3 is 2.71 bits per heavy atom. The maximum Gasteiger partial charge on any atom is 0.255 e. The highest BCUT2D eigenvalue weighted by Gasteiger charge is 2.28. The van der Waals surface area contributed by atoms with Crippen LogP contribution in [-0.4, -0.2) is 36.5 Å². The number of nitrogens with zero attached hydrogens (tertiary/aromatic N) is 1. The predicted octanol–water partition coefficient (Wildman–Crippen LogP) is 3.77. The molecule has 118 valence electrons. The fourth-order valence-corrected chi connectivity index (χ4v) is 2.90. The standard InChI is InChI=1S/C14H17Cl2FN2O.ClH/c1-2-5-19(9-3-4-18-8-9)14(20)10-6-13(17)12(16)7-11(10)15;/h6-7,9,18H,2-5,8H2,1H3;1H. The van der Waals surface area contributed by atoms with Gasteiger partial charge in [0.1, 0.15) is 5.82 Å². The molecule has 1 unspecified atom stereocenters. The molecule has 1 N–H and O–H groups in total. The van der Waals surface area contributed by atoms with Crippen LogP contribution in [0.15, 0.2) is 12.1 Å². The number of amides is 1. The summed E-state index contributed by atoms with van der Waals surface area (Å²) in [6, 6.07) is 2.54. The predicted molar refractivity (Wildman–Crippen MR) is 86.3 cm³/mol. The van der Waals surface area contributed by atoms with E-state index < -0.39 is 5.82 Å². The Bertz CT molecular complexity index is 507. The third-order valence-electron chi connectivity index (χ3n) is 3.44. The molecule has 1 aromatic rings. The zero-order chi connectivity index (χ0) is 14.7. The number of rotatable bonds is 4. The zero-order valence-electron chi connectivity index (χ0n) is 11.7. The largest absolute Gasteiger partial charge is 0.334 e. The van der Waals surface area contributed by atoms with E-state index in [9.17, 15) is 9.18 Å². The van der Waals surface area contributed by atoms with Crippen molar-refractivity contribution < 1.29 is 9.18 Å². The molecule has 0 spiro atoms. The normalized spacial score (nSPS) is 17.4. The summed E-state index contributed by atoms with van der Waals surface area (Å²) < 4.78 is 13.6. The summed E-state index contributed by atoms with van der Waals surface area (Å²) >= 11 is 11.7. The lowest BCUT2D eigenvalue weighted by Gasteiger charge is -2.28. The molecule has 0 saturated carbocycles. The van der Waals surface area contributed by atoms with Crippen LogP contribution in [0.5, 0.6) is 0 Å². The van der Waals surface area contributed by atoms with Gasteiger partial charge in [-0.3, -0.25) is 4.79 Å². The molecule has 0 aliphatic carbocycles. The molecule has 0 bridgehead atoms. The van der Waals surface area contributed by atoms with Crippen LogP contribution in [0.2, 0.25) is 10.0 Å². The number of hydrogen-bond donors (Lipinski definition) is 1. The van der Waals surface area contributed by atoms with Gasteiger partial charge in [0.15, 0.2) is 0 Å². The van der Waals surface area contributed by atoms with E-state index in [1.54, 1.807) is 4.90 Å². The minimum Gasteiger partial charge on any atom is -0.334 e. The highest BCUT2D eigenvalue weighted by Crippen LogP contribution is 2.26. The van der Waals surface area contributed by atoms with E-state index in [1.807, 2.05) is 6.92 Å². The summed E-state index contributed by atoms with van der Waals surface area (Å²) in [6.07, 6.45) is 1.75. The second-order valence-corrected chi connectivity index (χ2v) is 5.71. The van der Waals surface area contributed by atoms with Crippen LogP contribution in [0.25, 0.3) is 0 Å². The van der Waals surface area contributed by atoms with Crippen molar-refractivity contribution in [1.82, 2.24) is 10.2 Å². The SMILES string of the molecule is CCCN(C(=O)c1cc(F)c(Cl)cc1Cl)C1CCNC1.Cl. The van der Waals surface area contributed by atoms with E-state index in [1.165, 1.54) is 6.07 Å². The van der Waals surface area contributed by atoms with Crippen molar-refractivity contribution in [2.24, 2.45) is 0 Å². The number of halogens is 4. The number of benzene rings is 1. The van der Waals surface area contributed by atoms with Crippen LogP contribution in [0.3, 0.4) is 0 Å². The van der Waals surface area contributed by atoms with Gasteiger partial charge in [-0.25, -0.2) is 4.39 Å². The lowest BCUT2D eigenvalue weighted by molar-refractivity contribution is 0.0692. The Kier molecular flexibility index (Phi) is 7.21. The van der Waals surface area contributed by atoms with E-state index in [0.717, 1.165) is 32.0 Å². The Labute approximate surface area is 140 Å². The minimum absolute atomic E-state index is 0. The fraction of sp³-hybridized carbons (Fsp3) is 0.500. The lowest BCUT2D eigenvalue weighted by atomic mass is 10.1. The molecular formula is C14H18Cl3FN2O. The minimum atomic E-state index is -0.625. The summed E-state index contributed by atoms with van der Waals surface area (Å²) in [6.45, 7) is 4.29. The van der Waals surface area contributed by atoms with E-state index in [4.69, 9.17) is 23.2 Å². The Hall–Kier alpha value is -0.550. The average molecular weight is 356 g/mol. The number of carbonyl (C=O) groups is 1. The molecule has 0 radical (unpaired) electrons. The lowest BCUT2D eigenvalue weighted by Crippen LogP contribution is -2.42. The Morgan fingerprint density at radius 2 is 2.14 bits per heavy atom. The third kappa shape index (κ3) is 4.22. The zero-order valence-corrected chi connectivity index (χ0v) is 14.0. The first-order chi connectivity index (χ1) is 9.54. The molecule has 21 heavy (non-hydrogen) atoms. The quantitative estimate of drug-likeness (QED) is 0.834. The summed E-state index contributed by atoms with van der Waals surface area (Å²) in [5, 5.41) is 3.35. The average Bonchev–Trinajstić information content (AvgIpc) is 2.93. The van der Waals surface area contributed by atoms with Gasteiger partial charge in [-0.2, -0.15) is 0 Å². The monoisotopic (exact) mass is 354 g/mol. The van der Waals surface area contributed by atoms with Gasteiger partial charge >= 0.3 is 0 Å². The fourth-order valence-electron chi connectivity index (χ4n) is 2.44. The second kappa shape index (κ2) is 8.18. The van der Waals surface area contributed by atoms with Crippen LogP contribution in [0, 0.1) is 5.82 Å². The van der Waals surface area contributed by atoms with Crippen molar-refractivity contribution in [3.8, 4) is 0 Å². The molecule has 0 aromatic heterocycles. The third-order valence-corrected chi connectivity index (χ3v) is 4.04. The molecule has 7 heteroatoms. The molecule has 1 atom stereocenters. The van der Waals surface area contributed by atoms with Gasteiger partial charge in [-0.15, -0.1) is 12.4 Å². The van der Waals surface area contributed by atoms with E-state index in [-0.39, 0.29) is 40.0 Å². The second-order valence-electron chi connectivity index (χ2n) is 4.89. The first-order valence-corrected chi connectivity index (χ1v) is 7.46. The number of carbonyl (C=O) groups excluding carboxylic acids is 1. The molecule has 2 rings (SSSR count). The van der Waals surface area contributed by atoms with E-state index in [0.29, 0.717) is 6.54 Å². The molecular weight excluding hydrogens is 338 g/mol. The van der Waals surface area contributed by atoms with Crippen LogP contribution in [0.1, 0.15) is 30.1 Å². The number of nitrogens with one attached hydrogen (secondary N) is 1. The molecule has 1 aliphatic rings. The van der Waals surface area contributed by atoms with Crippen molar-refractivity contribution >= 4 is 41.5 Å². The van der Waals surface area contributed by atoms with Gasteiger partial charge in [-0.05, 0) is 31.5 Å². The summed E-state index contributed by atoms with van der Waals surface area (Å²) in [7, 11) is 0. The molecule has 1 fully saturated rings. The summed E-state index contributed by atoms with van der Waals surface area (Å²) in [5.74, 6) is -0.860. The van der Waals surface area contributed by atoms with Gasteiger partial charge in [-0.1, -0.05) is 30.1 Å². The van der Waals surface area contributed by atoms with Crippen molar-refractivity contribution in [1.29, 1.82) is 0 Å². The highest BCUT2D eigenvalue weighted by atomic mass is 35.5. The summed E-state index contributed by atoms with van der Waals surface area (Å²) in [4.78, 5) is 14.4. The van der Waals surface area contributed by atoms with E-state index in [2.05, 4.69) is 5.32 Å². The molecule has 1 saturated heterocycles. The topological polar surface area (TPSA) is 32.3 Å². The number of hydrogen-bond acceptors (Lipinski definition) is 2. The summed E-state index contributed by atoms with van der Waals surface area (Å²) in [5.41, 5.74) is 0.175. The van der Waals surface area contributed by atoms with Crippen molar-refractivity contribution in [2.75, 3.05) is 19.6 Å². The van der Waals surface area contributed by atoms with Gasteiger partial charge in [0.2, 0.25) is 0 Å². The van der Waals surface area contributed by atoms with Crippen molar-refractivity contribution in [2.45, 2.75) is 25.8 Å². The van der Waals surface area contributed by atoms with Gasteiger partial charge in [0.05, 0.1) is 15.6 Å². The van der Waals surface area contributed by atoms with Crippen molar-refractivity contribution in [3.05, 3.63) is 33.6 Å². The van der Waals surface area contributed by atoms with Gasteiger partial charge in [0.25, 0.3) is 5.91 Å². The van der Waals surface area contributed by atoms with Crippen molar-refractivity contribution in [3.63, 3.8) is 0 Å². The Balaban J connectivity index is 0.00000220. The van der Waals surface area contributed by atoms with Crippen LogP contribution >= 0.6 is 35.6 Å². The van der Waals surface area contributed by atoms with Crippen LogP contribution in [0.4, 0.5) is 4.39 Å². The molecule has 3 nitrogen and oxygen atoms in total. The highest BCUT2D eigenvalue weighted by molar-refractivity contribution is 6.36. The van der Waals surface area contributed by atoms with E-state index >= 15 is 0 Å². The maximum absolute atomic E-state index is 13.6.